The van der Waals surface area contributed by atoms with E-state index in [1.807, 2.05) is 95.9 Å². The largest absolute Gasteiger partial charge is 0.460 e. The van der Waals surface area contributed by atoms with Crippen LogP contribution in [-0.4, -0.2) is 35.5 Å². The number of benzene rings is 4. The van der Waals surface area contributed by atoms with Crippen molar-refractivity contribution in [2.75, 3.05) is 11.9 Å². The molecule has 0 saturated carbocycles. The van der Waals surface area contributed by atoms with Crippen molar-refractivity contribution in [2.45, 2.75) is 24.5 Å². The zero-order chi connectivity index (χ0) is 26.2. The number of esters is 1. The first-order valence-electron chi connectivity index (χ1n) is 12.8. The van der Waals surface area contributed by atoms with Gasteiger partial charge in [0.1, 0.15) is 6.61 Å². The highest BCUT2D eigenvalue weighted by atomic mass is 16.5. The van der Waals surface area contributed by atoms with Crippen LogP contribution >= 0.6 is 0 Å². The van der Waals surface area contributed by atoms with Crippen LogP contribution in [0, 0.1) is 0 Å². The number of rotatable bonds is 10. The van der Waals surface area contributed by atoms with Gasteiger partial charge in [0, 0.05) is 11.8 Å². The van der Waals surface area contributed by atoms with Crippen LogP contribution in [-0.2, 0) is 16.0 Å². The van der Waals surface area contributed by atoms with E-state index in [-0.39, 0.29) is 24.6 Å². The summed E-state index contributed by atoms with van der Waals surface area (Å²) in [5, 5.41) is 3.66. The fraction of sp³-hybridized carbons (Fsp3) is 0.152. The van der Waals surface area contributed by atoms with E-state index in [0.29, 0.717) is 12.0 Å². The van der Waals surface area contributed by atoms with E-state index >= 15 is 0 Å². The van der Waals surface area contributed by atoms with E-state index in [0.717, 1.165) is 11.3 Å². The molecule has 190 valence electrons. The standard InChI is InChI=1S/C33H30N2O3/c36-32-22-21-30(29(23-25-13-5-1-6-14-25)34-28-19-11-4-12-20-28)35(32)31(26-15-7-2-8-16-26)24-38-33(37)27-17-9-3-10-18-27/h1-22,29-31,34H,23-24H2/t29-,30+,31+/m1/s1. The molecule has 0 unspecified atom stereocenters. The monoisotopic (exact) mass is 502 g/mol. The summed E-state index contributed by atoms with van der Waals surface area (Å²) in [6.45, 7) is 0.0467. The van der Waals surface area contributed by atoms with Gasteiger partial charge in [-0.15, -0.1) is 0 Å². The van der Waals surface area contributed by atoms with Crippen molar-refractivity contribution >= 4 is 17.6 Å². The second-order valence-corrected chi connectivity index (χ2v) is 9.29. The average Bonchev–Trinajstić information content (AvgIpc) is 3.36. The molecule has 4 aromatic carbocycles. The summed E-state index contributed by atoms with van der Waals surface area (Å²) in [4.78, 5) is 28.1. The molecule has 0 aromatic heterocycles. The number of hydrogen-bond donors (Lipinski definition) is 1. The number of amides is 1. The van der Waals surface area contributed by atoms with E-state index in [9.17, 15) is 9.59 Å². The van der Waals surface area contributed by atoms with Crippen LogP contribution in [0.25, 0.3) is 0 Å². The minimum absolute atomic E-state index is 0.0467. The summed E-state index contributed by atoms with van der Waals surface area (Å²) in [6, 6.07) is 38.1. The molecule has 1 amide bonds. The van der Waals surface area contributed by atoms with Gasteiger partial charge in [-0.2, -0.15) is 0 Å². The third-order valence-corrected chi connectivity index (χ3v) is 6.75. The highest BCUT2D eigenvalue weighted by Crippen LogP contribution is 2.31. The number of nitrogens with one attached hydrogen (secondary N) is 1. The van der Waals surface area contributed by atoms with Crippen molar-refractivity contribution in [3.05, 3.63) is 150 Å². The Kier molecular flexibility index (Phi) is 7.95. The number of para-hydroxylation sites is 1. The molecule has 1 N–H and O–H groups in total. The van der Waals surface area contributed by atoms with Crippen molar-refractivity contribution < 1.29 is 14.3 Å². The first-order valence-corrected chi connectivity index (χ1v) is 12.8. The summed E-state index contributed by atoms with van der Waals surface area (Å²) in [6.07, 6.45) is 4.30. The highest BCUT2D eigenvalue weighted by Gasteiger charge is 2.38. The molecule has 0 saturated heterocycles. The van der Waals surface area contributed by atoms with Gasteiger partial charge in [0.2, 0.25) is 5.91 Å². The third kappa shape index (κ3) is 6.01. The highest BCUT2D eigenvalue weighted by molar-refractivity contribution is 5.91. The van der Waals surface area contributed by atoms with E-state index in [2.05, 4.69) is 17.4 Å². The van der Waals surface area contributed by atoms with Gasteiger partial charge in [-0.3, -0.25) is 4.79 Å². The Morgan fingerprint density at radius 1 is 0.789 bits per heavy atom. The lowest BCUT2D eigenvalue weighted by Gasteiger charge is -2.38. The molecule has 5 heteroatoms. The first kappa shape index (κ1) is 25.0. The number of ether oxygens (including phenoxy) is 1. The van der Waals surface area contributed by atoms with Gasteiger partial charge in [0.05, 0.1) is 23.7 Å². The maximum Gasteiger partial charge on any atom is 0.338 e. The van der Waals surface area contributed by atoms with Crippen molar-refractivity contribution in [1.82, 2.24) is 4.90 Å². The lowest BCUT2D eigenvalue weighted by atomic mass is 9.96. The van der Waals surface area contributed by atoms with Crippen LogP contribution in [0.15, 0.2) is 133 Å². The molecule has 0 fully saturated rings. The zero-order valence-corrected chi connectivity index (χ0v) is 21.0. The van der Waals surface area contributed by atoms with Crippen LogP contribution < -0.4 is 5.32 Å². The molecule has 1 aliphatic rings. The van der Waals surface area contributed by atoms with Crippen molar-refractivity contribution in [3.8, 4) is 0 Å². The first-order chi connectivity index (χ1) is 18.7. The van der Waals surface area contributed by atoms with Crippen LogP contribution in [0.2, 0.25) is 0 Å². The Morgan fingerprint density at radius 2 is 1.37 bits per heavy atom. The average molecular weight is 503 g/mol. The topological polar surface area (TPSA) is 58.6 Å². The number of hydrogen-bond acceptors (Lipinski definition) is 4. The molecule has 1 aliphatic heterocycles. The van der Waals surface area contributed by atoms with E-state index in [4.69, 9.17) is 4.74 Å². The lowest BCUT2D eigenvalue weighted by Crippen LogP contribution is -2.49. The van der Waals surface area contributed by atoms with Gasteiger partial charge >= 0.3 is 5.97 Å². The molecule has 0 bridgehead atoms. The molecule has 5 nitrogen and oxygen atoms in total. The molecular formula is C33H30N2O3. The van der Waals surface area contributed by atoms with Gasteiger partial charge in [-0.1, -0.05) is 103 Å². The lowest BCUT2D eigenvalue weighted by molar-refractivity contribution is -0.130. The molecular weight excluding hydrogens is 472 g/mol. The van der Waals surface area contributed by atoms with E-state index in [1.54, 1.807) is 30.3 Å². The van der Waals surface area contributed by atoms with Gasteiger partial charge in [-0.05, 0) is 41.8 Å². The minimum atomic E-state index is -0.452. The minimum Gasteiger partial charge on any atom is -0.460 e. The predicted molar refractivity (Wildman–Crippen MR) is 150 cm³/mol. The molecule has 4 aromatic rings. The summed E-state index contributed by atoms with van der Waals surface area (Å²) in [5.74, 6) is -0.515. The molecule has 0 radical (unpaired) electrons. The Morgan fingerprint density at radius 3 is 2.03 bits per heavy atom. The van der Waals surface area contributed by atoms with Crippen LogP contribution in [0.5, 0.6) is 0 Å². The Labute approximate surface area is 223 Å². The second-order valence-electron chi connectivity index (χ2n) is 9.29. The van der Waals surface area contributed by atoms with Crippen molar-refractivity contribution in [2.24, 2.45) is 0 Å². The Hall–Kier alpha value is -4.64. The number of nitrogens with zero attached hydrogens (tertiary/aromatic N) is 1. The van der Waals surface area contributed by atoms with Gasteiger partial charge < -0.3 is 15.0 Å². The van der Waals surface area contributed by atoms with Crippen LogP contribution in [0.1, 0.15) is 27.5 Å². The number of anilines is 1. The molecule has 0 aliphatic carbocycles. The summed E-state index contributed by atoms with van der Waals surface area (Å²) >= 11 is 0. The molecule has 38 heavy (non-hydrogen) atoms. The smallest absolute Gasteiger partial charge is 0.338 e. The predicted octanol–water partition coefficient (Wildman–Crippen LogP) is 6.08. The number of carbonyl (C=O) groups excluding carboxylic acids is 2. The van der Waals surface area contributed by atoms with Crippen LogP contribution in [0.3, 0.4) is 0 Å². The van der Waals surface area contributed by atoms with Gasteiger partial charge in [0.25, 0.3) is 0 Å². The van der Waals surface area contributed by atoms with Crippen LogP contribution in [0.4, 0.5) is 5.69 Å². The fourth-order valence-corrected chi connectivity index (χ4v) is 4.89. The van der Waals surface area contributed by atoms with Gasteiger partial charge in [0.15, 0.2) is 0 Å². The summed E-state index contributed by atoms with van der Waals surface area (Å²) in [5.41, 5.74) is 3.54. The molecule has 0 spiro atoms. The fourth-order valence-electron chi connectivity index (χ4n) is 4.89. The maximum absolute atomic E-state index is 13.4. The third-order valence-electron chi connectivity index (χ3n) is 6.75. The maximum atomic E-state index is 13.4. The summed E-state index contributed by atoms with van der Waals surface area (Å²) in [7, 11) is 0. The number of carbonyl (C=O) groups is 2. The summed E-state index contributed by atoms with van der Waals surface area (Å²) < 4.78 is 5.79. The molecule has 5 rings (SSSR count). The Balaban J connectivity index is 1.45. The zero-order valence-electron chi connectivity index (χ0n) is 21.0. The Bertz CT molecular complexity index is 1320. The van der Waals surface area contributed by atoms with Gasteiger partial charge in [-0.25, -0.2) is 4.79 Å². The van der Waals surface area contributed by atoms with Crippen molar-refractivity contribution in [1.29, 1.82) is 0 Å². The van der Waals surface area contributed by atoms with Crippen molar-refractivity contribution in [3.63, 3.8) is 0 Å². The van der Waals surface area contributed by atoms with E-state index in [1.165, 1.54) is 5.56 Å². The SMILES string of the molecule is O=C(OC[C@@H](c1ccccc1)N1C(=O)C=C[C@H]1[C@@H](Cc1ccccc1)Nc1ccccc1)c1ccccc1. The van der Waals surface area contributed by atoms with E-state index < -0.39 is 12.0 Å². The second kappa shape index (κ2) is 12.1. The normalized spacial score (nSPS) is 16.2. The molecule has 3 atom stereocenters. The molecule has 1 heterocycles. The quantitative estimate of drug-likeness (QED) is 0.267.